The van der Waals surface area contributed by atoms with Gasteiger partial charge in [-0.25, -0.2) is 9.97 Å². The van der Waals surface area contributed by atoms with Crippen LogP contribution < -0.4 is 5.32 Å². The first-order chi connectivity index (χ1) is 14.5. The molecule has 0 aliphatic carbocycles. The molecule has 0 saturated carbocycles. The van der Waals surface area contributed by atoms with Crippen LogP contribution in [0.4, 0.5) is 5.82 Å². The fourth-order valence-electron chi connectivity index (χ4n) is 4.07. The molecule has 5 nitrogen and oxygen atoms in total. The number of aryl methyl sites for hydroxylation is 2. The number of rotatable bonds is 7. The Labute approximate surface area is 183 Å². The van der Waals surface area contributed by atoms with Crippen LogP contribution in [0.3, 0.4) is 0 Å². The Morgan fingerprint density at radius 1 is 1.13 bits per heavy atom. The van der Waals surface area contributed by atoms with E-state index in [9.17, 15) is 0 Å². The average Bonchev–Trinajstić information content (AvgIpc) is 3.18. The summed E-state index contributed by atoms with van der Waals surface area (Å²) in [5.74, 6) is 1.02. The van der Waals surface area contributed by atoms with E-state index >= 15 is 0 Å². The first-order valence-electron chi connectivity index (χ1n) is 10.8. The highest BCUT2D eigenvalue weighted by molar-refractivity contribution is 6.30. The highest BCUT2D eigenvalue weighted by Gasteiger charge is 2.26. The summed E-state index contributed by atoms with van der Waals surface area (Å²) in [5.41, 5.74) is 4.60. The largest absolute Gasteiger partial charge is 0.355 e. The Morgan fingerprint density at radius 2 is 2.00 bits per heavy atom. The van der Waals surface area contributed by atoms with Gasteiger partial charge in [0.1, 0.15) is 23.5 Å². The number of pyridine rings is 1. The molecule has 1 fully saturated rings. The molecule has 2 atom stereocenters. The fraction of sp³-hybridized carbons (Fsp3) is 0.458. The predicted molar refractivity (Wildman–Crippen MR) is 122 cm³/mol. The summed E-state index contributed by atoms with van der Waals surface area (Å²) in [5, 5.41) is 5.15. The van der Waals surface area contributed by atoms with Crippen LogP contribution in [-0.2, 0) is 17.6 Å². The van der Waals surface area contributed by atoms with Gasteiger partial charge in [-0.05, 0) is 61.3 Å². The third kappa shape index (κ3) is 4.73. The minimum atomic E-state index is -0.0378. The van der Waals surface area contributed by atoms with Gasteiger partial charge in [0.25, 0.3) is 0 Å². The summed E-state index contributed by atoms with van der Waals surface area (Å²) in [4.78, 5) is 13.1. The SMILES string of the molecule is CCc1cnc2cc(CCC3CCC(Nc4ncnc(Cl)c4C(C)C)O3)ccc2c1. The second-order valence-corrected chi connectivity index (χ2v) is 8.67. The molecular weight excluding hydrogens is 396 g/mol. The number of nitrogens with zero attached hydrogens (tertiary/aromatic N) is 3. The maximum absolute atomic E-state index is 6.28. The van der Waals surface area contributed by atoms with Gasteiger partial charge >= 0.3 is 0 Å². The lowest BCUT2D eigenvalue weighted by Crippen LogP contribution is -2.22. The lowest BCUT2D eigenvalue weighted by molar-refractivity contribution is 0.0557. The first-order valence-corrected chi connectivity index (χ1v) is 11.2. The van der Waals surface area contributed by atoms with Gasteiger partial charge in [0.05, 0.1) is 11.6 Å². The highest BCUT2D eigenvalue weighted by Crippen LogP contribution is 2.31. The number of anilines is 1. The third-order valence-corrected chi connectivity index (χ3v) is 6.09. The van der Waals surface area contributed by atoms with Crippen LogP contribution in [0, 0.1) is 0 Å². The standard InChI is InChI=1S/C24H29ClN4O/c1-4-16-11-18-7-5-17(12-20(18)26-13-16)6-8-19-9-10-21(30-19)29-24-22(15(2)3)23(25)27-14-28-24/h5,7,11-15,19,21H,4,6,8-10H2,1-3H3,(H,27,28,29). The van der Waals surface area contributed by atoms with Crippen molar-refractivity contribution in [2.24, 2.45) is 0 Å². The van der Waals surface area contributed by atoms with Gasteiger partial charge in [-0.3, -0.25) is 4.98 Å². The van der Waals surface area contributed by atoms with E-state index in [4.69, 9.17) is 16.3 Å². The molecule has 0 amide bonds. The van der Waals surface area contributed by atoms with Gasteiger partial charge in [0, 0.05) is 17.1 Å². The second kappa shape index (κ2) is 9.27. The average molecular weight is 425 g/mol. The molecule has 0 radical (unpaired) electrons. The predicted octanol–water partition coefficient (Wildman–Crippen LogP) is 5.91. The molecule has 1 saturated heterocycles. The van der Waals surface area contributed by atoms with Gasteiger partial charge in [0.15, 0.2) is 0 Å². The van der Waals surface area contributed by atoms with Gasteiger partial charge in [0.2, 0.25) is 0 Å². The molecule has 6 heteroatoms. The Balaban J connectivity index is 1.35. The van der Waals surface area contributed by atoms with Crippen molar-refractivity contribution in [3.05, 3.63) is 58.6 Å². The lowest BCUT2D eigenvalue weighted by Gasteiger charge is -2.19. The van der Waals surface area contributed by atoms with Crippen LogP contribution >= 0.6 is 11.6 Å². The monoisotopic (exact) mass is 424 g/mol. The number of hydrogen-bond acceptors (Lipinski definition) is 5. The molecule has 2 unspecified atom stereocenters. The molecule has 158 valence electrons. The Hall–Kier alpha value is -2.24. The molecule has 0 bridgehead atoms. The van der Waals surface area contributed by atoms with Crippen molar-refractivity contribution in [2.45, 2.75) is 71.1 Å². The van der Waals surface area contributed by atoms with E-state index in [0.717, 1.165) is 49.0 Å². The van der Waals surface area contributed by atoms with Gasteiger partial charge in [-0.2, -0.15) is 0 Å². The number of hydrogen-bond donors (Lipinski definition) is 1. The lowest BCUT2D eigenvalue weighted by atomic mass is 10.0. The normalized spacial score (nSPS) is 19.0. The Bertz CT molecular complexity index is 1020. The molecular formula is C24H29ClN4O. The smallest absolute Gasteiger partial charge is 0.138 e. The summed E-state index contributed by atoms with van der Waals surface area (Å²) in [6, 6.07) is 8.83. The minimum absolute atomic E-state index is 0.0378. The number of ether oxygens (including phenoxy) is 1. The van der Waals surface area contributed by atoms with Crippen molar-refractivity contribution >= 4 is 28.3 Å². The summed E-state index contributed by atoms with van der Waals surface area (Å²) in [6.07, 6.45) is 8.69. The van der Waals surface area contributed by atoms with Crippen LogP contribution in [0.5, 0.6) is 0 Å². The zero-order valence-electron chi connectivity index (χ0n) is 17.9. The summed E-state index contributed by atoms with van der Waals surface area (Å²) in [6.45, 7) is 6.34. The molecule has 30 heavy (non-hydrogen) atoms. The molecule has 3 heterocycles. The topological polar surface area (TPSA) is 59.9 Å². The molecule has 2 aromatic heterocycles. The molecule has 1 aliphatic rings. The molecule has 1 aliphatic heterocycles. The quantitative estimate of drug-likeness (QED) is 0.477. The van der Waals surface area contributed by atoms with E-state index < -0.39 is 0 Å². The van der Waals surface area contributed by atoms with Crippen LogP contribution in [0.1, 0.15) is 62.6 Å². The van der Waals surface area contributed by atoms with Crippen molar-refractivity contribution < 1.29 is 4.74 Å². The second-order valence-electron chi connectivity index (χ2n) is 8.31. The zero-order valence-corrected chi connectivity index (χ0v) is 18.6. The molecule has 0 spiro atoms. The molecule has 3 aromatic rings. The zero-order chi connectivity index (χ0) is 21.1. The van der Waals surface area contributed by atoms with Crippen LogP contribution in [-0.4, -0.2) is 27.3 Å². The van der Waals surface area contributed by atoms with Crippen LogP contribution in [0.15, 0.2) is 36.8 Å². The number of aromatic nitrogens is 3. The van der Waals surface area contributed by atoms with Crippen molar-refractivity contribution in [2.75, 3.05) is 5.32 Å². The minimum Gasteiger partial charge on any atom is -0.355 e. The van der Waals surface area contributed by atoms with E-state index in [2.05, 4.69) is 65.3 Å². The number of nitrogens with one attached hydrogen (secondary N) is 1. The maximum atomic E-state index is 6.28. The van der Waals surface area contributed by atoms with Crippen molar-refractivity contribution in [3.63, 3.8) is 0 Å². The Kier molecular flexibility index (Phi) is 6.49. The summed E-state index contributed by atoms with van der Waals surface area (Å²) in [7, 11) is 0. The summed E-state index contributed by atoms with van der Waals surface area (Å²) >= 11 is 6.28. The maximum Gasteiger partial charge on any atom is 0.138 e. The van der Waals surface area contributed by atoms with Gasteiger partial charge < -0.3 is 10.1 Å². The van der Waals surface area contributed by atoms with Crippen molar-refractivity contribution in [3.8, 4) is 0 Å². The molecule has 4 rings (SSSR count). The molecule has 1 aromatic carbocycles. The van der Waals surface area contributed by atoms with Crippen molar-refractivity contribution in [1.82, 2.24) is 15.0 Å². The van der Waals surface area contributed by atoms with Gasteiger partial charge in [-0.1, -0.05) is 44.5 Å². The van der Waals surface area contributed by atoms with E-state index in [-0.39, 0.29) is 18.2 Å². The molecule has 1 N–H and O–H groups in total. The summed E-state index contributed by atoms with van der Waals surface area (Å²) < 4.78 is 6.25. The van der Waals surface area contributed by atoms with E-state index in [1.165, 1.54) is 22.8 Å². The van der Waals surface area contributed by atoms with Crippen LogP contribution in [0.2, 0.25) is 5.15 Å². The van der Waals surface area contributed by atoms with Gasteiger partial charge in [-0.15, -0.1) is 0 Å². The number of fused-ring (bicyclic) bond motifs is 1. The first kappa shape index (κ1) is 21.0. The fourth-order valence-corrected chi connectivity index (χ4v) is 4.42. The third-order valence-electron chi connectivity index (χ3n) is 5.79. The van der Waals surface area contributed by atoms with Crippen molar-refractivity contribution in [1.29, 1.82) is 0 Å². The van der Waals surface area contributed by atoms with Crippen LogP contribution in [0.25, 0.3) is 10.9 Å². The van der Waals surface area contributed by atoms with E-state index in [1.807, 2.05) is 6.20 Å². The number of benzene rings is 1. The highest BCUT2D eigenvalue weighted by atomic mass is 35.5. The van der Waals surface area contributed by atoms with E-state index in [1.54, 1.807) is 0 Å². The number of halogens is 1. The Morgan fingerprint density at radius 3 is 2.80 bits per heavy atom. The van der Waals surface area contributed by atoms with E-state index in [0.29, 0.717) is 5.15 Å².